The van der Waals surface area contributed by atoms with Crippen molar-refractivity contribution >= 4 is 16.7 Å². The Labute approximate surface area is 140 Å². The van der Waals surface area contributed by atoms with Gasteiger partial charge in [0.1, 0.15) is 11.6 Å². The van der Waals surface area contributed by atoms with Crippen LogP contribution >= 0.6 is 0 Å². The maximum atomic E-state index is 10.1. The quantitative estimate of drug-likeness (QED) is 0.691. The monoisotopic (exact) mass is 320 g/mol. The van der Waals surface area contributed by atoms with Gasteiger partial charge in [-0.1, -0.05) is 24.3 Å². The van der Waals surface area contributed by atoms with Gasteiger partial charge in [0.25, 0.3) is 0 Å². The number of hydrogen-bond donors (Lipinski definition) is 3. The minimum Gasteiger partial charge on any atom is -0.507 e. The fraction of sp³-hybridized carbons (Fsp3) is 0.263. The van der Waals surface area contributed by atoms with Crippen LogP contribution in [-0.4, -0.2) is 34.2 Å². The number of fused-ring (bicyclic) bond motifs is 1. The van der Waals surface area contributed by atoms with Gasteiger partial charge in [-0.2, -0.15) is 0 Å². The summed E-state index contributed by atoms with van der Waals surface area (Å²) in [5, 5.41) is 18.1. The number of piperidine rings is 1. The van der Waals surface area contributed by atoms with Crippen molar-refractivity contribution < 1.29 is 5.11 Å². The molecule has 1 atom stereocenters. The second-order valence-corrected chi connectivity index (χ2v) is 6.12. The SMILES string of the molecule is Oc1ccccc1-c1nc(NC2CCCNC2)c2ccccc2n1. The molecular formula is C19H20N4O. The van der Waals surface area contributed by atoms with E-state index in [0.717, 1.165) is 42.7 Å². The Hall–Kier alpha value is -2.66. The summed E-state index contributed by atoms with van der Waals surface area (Å²) in [7, 11) is 0. The zero-order valence-electron chi connectivity index (χ0n) is 13.4. The molecule has 0 amide bonds. The highest BCUT2D eigenvalue weighted by Crippen LogP contribution is 2.30. The second-order valence-electron chi connectivity index (χ2n) is 6.12. The van der Waals surface area contributed by atoms with Crippen LogP contribution in [0.5, 0.6) is 5.75 Å². The predicted molar refractivity (Wildman–Crippen MR) is 96.2 cm³/mol. The lowest BCUT2D eigenvalue weighted by molar-refractivity contribution is 0.476. The van der Waals surface area contributed by atoms with Gasteiger partial charge in [-0.05, 0) is 43.7 Å². The number of nitrogens with one attached hydrogen (secondary N) is 2. The third-order valence-electron chi connectivity index (χ3n) is 4.39. The summed E-state index contributed by atoms with van der Waals surface area (Å²) >= 11 is 0. The van der Waals surface area contributed by atoms with Crippen LogP contribution in [0, 0.1) is 0 Å². The molecule has 3 N–H and O–H groups in total. The summed E-state index contributed by atoms with van der Waals surface area (Å²) in [5.41, 5.74) is 1.52. The normalized spacial score (nSPS) is 17.8. The van der Waals surface area contributed by atoms with Crippen LogP contribution in [0.25, 0.3) is 22.3 Å². The van der Waals surface area contributed by atoms with Gasteiger partial charge in [-0.25, -0.2) is 9.97 Å². The average Bonchev–Trinajstić information content (AvgIpc) is 2.63. The molecule has 0 spiro atoms. The molecule has 5 nitrogen and oxygen atoms in total. The van der Waals surface area contributed by atoms with E-state index in [2.05, 4.69) is 15.6 Å². The Morgan fingerprint density at radius 1 is 1.04 bits per heavy atom. The number of benzene rings is 2. The zero-order chi connectivity index (χ0) is 16.4. The number of anilines is 1. The number of rotatable bonds is 3. The fourth-order valence-electron chi connectivity index (χ4n) is 3.14. The van der Waals surface area contributed by atoms with Gasteiger partial charge in [-0.3, -0.25) is 0 Å². The van der Waals surface area contributed by atoms with E-state index in [0.29, 0.717) is 17.4 Å². The summed E-state index contributed by atoms with van der Waals surface area (Å²) in [6, 6.07) is 15.5. The summed E-state index contributed by atoms with van der Waals surface area (Å²) in [6.07, 6.45) is 2.28. The number of aromatic hydroxyl groups is 1. The molecule has 1 aliphatic heterocycles. The first-order valence-corrected chi connectivity index (χ1v) is 8.34. The number of hydrogen-bond acceptors (Lipinski definition) is 5. The Morgan fingerprint density at radius 2 is 1.88 bits per heavy atom. The van der Waals surface area contributed by atoms with E-state index in [-0.39, 0.29) is 5.75 Å². The van der Waals surface area contributed by atoms with E-state index in [1.165, 1.54) is 0 Å². The van der Waals surface area contributed by atoms with Gasteiger partial charge in [0.05, 0.1) is 11.1 Å². The number of aromatic nitrogens is 2. The molecule has 1 aromatic heterocycles. The smallest absolute Gasteiger partial charge is 0.165 e. The standard InChI is InChI=1S/C19H20N4O/c24-17-10-4-2-8-15(17)19-22-16-9-3-1-7-14(16)18(23-19)21-13-6-5-11-20-12-13/h1-4,7-10,13,20,24H,5-6,11-12H2,(H,21,22,23). The van der Waals surface area contributed by atoms with Gasteiger partial charge < -0.3 is 15.7 Å². The number of phenolic OH excluding ortho intramolecular Hbond substituents is 1. The van der Waals surface area contributed by atoms with Crippen molar-refractivity contribution in [2.45, 2.75) is 18.9 Å². The molecular weight excluding hydrogens is 300 g/mol. The third-order valence-corrected chi connectivity index (χ3v) is 4.39. The Balaban J connectivity index is 1.80. The zero-order valence-corrected chi connectivity index (χ0v) is 13.4. The van der Waals surface area contributed by atoms with Crippen molar-refractivity contribution in [2.24, 2.45) is 0 Å². The van der Waals surface area contributed by atoms with Gasteiger partial charge in [0, 0.05) is 18.0 Å². The molecule has 3 aromatic rings. The van der Waals surface area contributed by atoms with Crippen molar-refractivity contribution in [3.63, 3.8) is 0 Å². The summed E-state index contributed by atoms with van der Waals surface area (Å²) in [5.74, 6) is 1.56. The van der Waals surface area contributed by atoms with E-state index < -0.39 is 0 Å². The van der Waals surface area contributed by atoms with E-state index in [9.17, 15) is 5.11 Å². The van der Waals surface area contributed by atoms with Crippen molar-refractivity contribution in [1.29, 1.82) is 0 Å². The lowest BCUT2D eigenvalue weighted by atomic mass is 10.1. The molecule has 1 fully saturated rings. The summed E-state index contributed by atoms with van der Waals surface area (Å²) in [6.45, 7) is 2.01. The predicted octanol–water partition coefficient (Wildman–Crippen LogP) is 3.17. The molecule has 1 unspecified atom stereocenters. The number of nitrogens with zero attached hydrogens (tertiary/aromatic N) is 2. The van der Waals surface area contributed by atoms with Crippen molar-refractivity contribution in [3.8, 4) is 17.1 Å². The first-order valence-electron chi connectivity index (χ1n) is 8.34. The summed E-state index contributed by atoms with van der Waals surface area (Å²) < 4.78 is 0. The Kier molecular flexibility index (Phi) is 4.01. The van der Waals surface area contributed by atoms with Gasteiger partial charge in [-0.15, -0.1) is 0 Å². The van der Waals surface area contributed by atoms with Gasteiger partial charge in [0.2, 0.25) is 0 Å². The van der Waals surface area contributed by atoms with E-state index in [1.807, 2.05) is 36.4 Å². The van der Waals surface area contributed by atoms with Crippen LogP contribution in [0.1, 0.15) is 12.8 Å². The molecule has 24 heavy (non-hydrogen) atoms. The molecule has 1 saturated heterocycles. The van der Waals surface area contributed by atoms with Crippen molar-refractivity contribution in [3.05, 3.63) is 48.5 Å². The van der Waals surface area contributed by atoms with E-state index >= 15 is 0 Å². The molecule has 0 bridgehead atoms. The maximum absolute atomic E-state index is 10.1. The topological polar surface area (TPSA) is 70.1 Å². The molecule has 2 aromatic carbocycles. The molecule has 122 valence electrons. The highest BCUT2D eigenvalue weighted by molar-refractivity contribution is 5.91. The Bertz CT molecular complexity index is 859. The van der Waals surface area contributed by atoms with Crippen LogP contribution in [0.3, 0.4) is 0 Å². The third kappa shape index (κ3) is 2.90. The molecule has 4 rings (SSSR count). The second kappa shape index (κ2) is 6.45. The van der Waals surface area contributed by atoms with Crippen LogP contribution in [0.2, 0.25) is 0 Å². The molecule has 2 heterocycles. The summed E-state index contributed by atoms with van der Waals surface area (Å²) in [4.78, 5) is 9.35. The van der Waals surface area contributed by atoms with Crippen molar-refractivity contribution in [1.82, 2.24) is 15.3 Å². The first kappa shape index (κ1) is 14.9. The average molecular weight is 320 g/mol. The Morgan fingerprint density at radius 3 is 2.71 bits per heavy atom. The number of para-hydroxylation sites is 2. The minimum absolute atomic E-state index is 0.193. The van der Waals surface area contributed by atoms with Crippen LogP contribution in [0.4, 0.5) is 5.82 Å². The largest absolute Gasteiger partial charge is 0.507 e. The molecule has 5 heteroatoms. The maximum Gasteiger partial charge on any atom is 0.165 e. The van der Waals surface area contributed by atoms with Crippen LogP contribution < -0.4 is 10.6 Å². The van der Waals surface area contributed by atoms with Crippen molar-refractivity contribution in [2.75, 3.05) is 18.4 Å². The highest BCUT2D eigenvalue weighted by Gasteiger charge is 2.17. The minimum atomic E-state index is 0.193. The van der Waals surface area contributed by atoms with E-state index in [4.69, 9.17) is 4.98 Å². The van der Waals surface area contributed by atoms with Crippen LogP contribution in [0.15, 0.2) is 48.5 Å². The fourth-order valence-corrected chi connectivity index (χ4v) is 3.14. The van der Waals surface area contributed by atoms with E-state index in [1.54, 1.807) is 12.1 Å². The molecule has 0 aliphatic carbocycles. The molecule has 0 radical (unpaired) electrons. The molecule has 0 saturated carbocycles. The lowest BCUT2D eigenvalue weighted by Crippen LogP contribution is -2.38. The first-order chi connectivity index (χ1) is 11.8. The molecule has 1 aliphatic rings. The van der Waals surface area contributed by atoms with Crippen LogP contribution in [-0.2, 0) is 0 Å². The van der Waals surface area contributed by atoms with Gasteiger partial charge in [0.15, 0.2) is 5.82 Å². The number of phenols is 1. The lowest BCUT2D eigenvalue weighted by Gasteiger charge is -2.25. The van der Waals surface area contributed by atoms with Gasteiger partial charge >= 0.3 is 0 Å². The highest BCUT2D eigenvalue weighted by atomic mass is 16.3.